The fraction of sp³-hybridized carbons (Fsp3) is 0.258. The van der Waals surface area contributed by atoms with Gasteiger partial charge in [0.15, 0.2) is 4.80 Å². The summed E-state index contributed by atoms with van der Waals surface area (Å²) in [7, 11) is 1.60. The number of aromatic nitrogens is 1. The molecule has 4 aromatic rings. The Kier molecular flexibility index (Phi) is 7.04. The van der Waals surface area contributed by atoms with Crippen molar-refractivity contribution in [2.75, 3.05) is 13.7 Å². The number of carbonyl (C=O) groups is 1. The number of carbonyl (C=O) groups excluding carboxylic acids is 1. The van der Waals surface area contributed by atoms with Crippen molar-refractivity contribution in [3.05, 3.63) is 108 Å². The Bertz CT molecular complexity index is 1740. The number of nitrogens with zero attached hydrogens (tertiary/aromatic N) is 2. The molecule has 38 heavy (non-hydrogen) atoms. The molecular formula is C31H30N2O4S. The van der Waals surface area contributed by atoms with E-state index in [0.29, 0.717) is 32.3 Å². The van der Waals surface area contributed by atoms with E-state index in [9.17, 15) is 9.59 Å². The smallest absolute Gasteiger partial charge is 0.338 e. The zero-order valence-electron chi connectivity index (χ0n) is 22.1. The Morgan fingerprint density at radius 2 is 1.84 bits per heavy atom. The molecule has 194 valence electrons. The molecule has 0 spiro atoms. The Morgan fingerprint density at radius 3 is 2.53 bits per heavy atom. The van der Waals surface area contributed by atoms with Crippen LogP contribution in [0, 0.1) is 0 Å². The first kappa shape index (κ1) is 25.7. The van der Waals surface area contributed by atoms with Gasteiger partial charge in [-0.25, -0.2) is 9.79 Å². The highest BCUT2D eigenvalue weighted by Gasteiger charge is 2.36. The predicted octanol–water partition coefficient (Wildman–Crippen LogP) is 5.08. The number of rotatable bonds is 6. The molecule has 5 rings (SSSR count). The third kappa shape index (κ3) is 4.47. The Labute approximate surface area is 225 Å². The van der Waals surface area contributed by atoms with Crippen molar-refractivity contribution < 1.29 is 14.3 Å². The van der Waals surface area contributed by atoms with Gasteiger partial charge in [-0.2, -0.15) is 0 Å². The number of allylic oxidation sites excluding steroid dienone is 1. The van der Waals surface area contributed by atoms with E-state index in [-0.39, 0.29) is 12.2 Å². The van der Waals surface area contributed by atoms with Gasteiger partial charge < -0.3 is 9.47 Å². The fourth-order valence-corrected chi connectivity index (χ4v) is 5.98. The van der Waals surface area contributed by atoms with E-state index in [1.54, 1.807) is 25.5 Å². The van der Waals surface area contributed by atoms with Crippen molar-refractivity contribution in [2.45, 2.75) is 39.7 Å². The topological polar surface area (TPSA) is 69.9 Å². The van der Waals surface area contributed by atoms with Crippen LogP contribution in [0.2, 0.25) is 0 Å². The minimum Gasteiger partial charge on any atom is -0.496 e. The van der Waals surface area contributed by atoms with E-state index in [2.05, 4.69) is 26.0 Å². The molecule has 1 aliphatic rings. The van der Waals surface area contributed by atoms with Crippen LogP contribution in [0.15, 0.2) is 81.7 Å². The Hall–Kier alpha value is -3.97. The van der Waals surface area contributed by atoms with Crippen LogP contribution in [0.1, 0.15) is 56.3 Å². The van der Waals surface area contributed by atoms with Crippen LogP contribution < -0.4 is 19.6 Å². The highest BCUT2D eigenvalue weighted by atomic mass is 32.1. The molecule has 0 bridgehead atoms. The van der Waals surface area contributed by atoms with Crippen molar-refractivity contribution in [1.82, 2.24) is 4.57 Å². The van der Waals surface area contributed by atoms with Gasteiger partial charge in [0.05, 0.1) is 29.5 Å². The van der Waals surface area contributed by atoms with Gasteiger partial charge in [0.2, 0.25) is 0 Å². The van der Waals surface area contributed by atoms with Crippen molar-refractivity contribution in [2.24, 2.45) is 4.99 Å². The molecule has 0 N–H and O–H groups in total. The molecule has 1 aliphatic heterocycles. The molecule has 6 nitrogen and oxygen atoms in total. The van der Waals surface area contributed by atoms with Gasteiger partial charge in [0, 0.05) is 5.56 Å². The van der Waals surface area contributed by atoms with E-state index in [4.69, 9.17) is 14.5 Å². The van der Waals surface area contributed by atoms with Crippen LogP contribution in [0.5, 0.6) is 5.75 Å². The summed E-state index contributed by atoms with van der Waals surface area (Å²) < 4.78 is 13.4. The zero-order chi connectivity index (χ0) is 27.0. The fourth-order valence-electron chi connectivity index (χ4n) is 4.93. The summed E-state index contributed by atoms with van der Waals surface area (Å²) in [5.41, 5.74) is 3.55. The molecular weight excluding hydrogens is 496 g/mol. The highest BCUT2D eigenvalue weighted by molar-refractivity contribution is 7.07. The quantitative estimate of drug-likeness (QED) is 0.329. The van der Waals surface area contributed by atoms with Gasteiger partial charge in [0.25, 0.3) is 5.56 Å². The largest absolute Gasteiger partial charge is 0.496 e. The van der Waals surface area contributed by atoms with Crippen LogP contribution in [0.4, 0.5) is 0 Å². The van der Waals surface area contributed by atoms with E-state index in [1.165, 1.54) is 16.9 Å². The first-order chi connectivity index (χ1) is 18.3. The molecule has 0 amide bonds. The maximum atomic E-state index is 14.0. The van der Waals surface area contributed by atoms with Crippen molar-refractivity contribution in [1.29, 1.82) is 0 Å². The molecule has 0 saturated heterocycles. The second-order valence-corrected chi connectivity index (χ2v) is 10.5. The number of thiazole rings is 1. The number of benzene rings is 3. The molecule has 0 fully saturated rings. The lowest BCUT2D eigenvalue weighted by atomic mass is 9.90. The maximum Gasteiger partial charge on any atom is 0.338 e. The summed E-state index contributed by atoms with van der Waals surface area (Å²) >= 11 is 1.32. The van der Waals surface area contributed by atoms with Crippen molar-refractivity contribution in [3.8, 4) is 5.75 Å². The average Bonchev–Trinajstić information content (AvgIpc) is 3.21. The molecule has 1 atom stereocenters. The SMILES string of the molecule is CCOC(=O)C1=C(C)N=c2s/c(=C/c3ccc(C(C)C)cc3)c(=O)n2C1c1c(OC)ccc2ccccc12. The van der Waals surface area contributed by atoms with Gasteiger partial charge in [-0.1, -0.05) is 79.8 Å². The van der Waals surface area contributed by atoms with Gasteiger partial charge in [-0.3, -0.25) is 9.36 Å². The van der Waals surface area contributed by atoms with Crippen LogP contribution >= 0.6 is 11.3 Å². The normalized spacial score (nSPS) is 15.5. The molecule has 2 heterocycles. The summed E-state index contributed by atoms with van der Waals surface area (Å²) in [5, 5.41) is 1.88. The molecule has 7 heteroatoms. The Morgan fingerprint density at radius 1 is 1.11 bits per heavy atom. The van der Waals surface area contributed by atoms with E-state index in [0.717, 1.165) is 21.9 Å². The Balaban J connectivity index is 1.80. The number of fused-ring (bicyclic) bond motifs is 2. The minimum absolute atomic E-state index is 0.212. The number of hydrogen-bond donors (Lipinski definition) is 0. The molecule has 0 radical (unpaired) electrons. The van der Waals surface area contributed by atoms with E-state index in [1.807, 2.05) is 54.6 Å². The van der Waals surface area contributed by atoms with Crippen molar-refractivity contribution in [3.63, 3.8) is 0 Å². The predicted molar refractivity (Wildman–Crippen MR) is 151 cm³/mol. The molecule has 0 saturated carbocycles. The van der Waals surface area contributed by atoms with Crippen LogP contribution in [0.3, 0.4) is 0 Å². The standard InChI is InChI=1S/C31H30N2O4S/c1-6-37-30(35)26-19(4)32-31-33(28(26)27-23-10-8-7-9-22(23)15-16-24(27)36-5)29(34)25(38-31)17-20-11-13-21(14-12-20)18(2)3/h7-18,28H,6H2,1-5H3/b25-17+. The molecule has 1 aromatic heterocycles. The molecule has 1 unspecified atom stereocenters. The average molecular weight is 527 g/mol. The zero-order valence-corrected chi connectivity index (χ0v) is 23.0. The lowest BCUT2D eigenvalue weighted by Gasteiger charge is -2.27. The van der Waals surface area contributed by atoms with E-state index >= 15 is 0 Å². The lowest BCUT2D eigenvalue weighted by molar-refractivity contribution is -0.139. The van der Waals surface area contributed by atoms with Crippen LogP contribution in [-0.2, 0) is 9.53 Å². The lowest BCUT2D eigenvalue weighted by Crippen LogP contribution is -2.40. The molecule has 0 aliphatic carbocycles. The third-order valence-corrected chi connectivity index (χ3v) is 7.82. The summed E-state index contributed by atoms with van der Waals surface area (Å²) in [5.74, 6) is 0.519. The number of methoxy groups -OCH3 is 1. The summed E-state index contributed by atoms with van der Waals surface area (Å²) in [4.78, 5) is 32.6. The minimum atomic E-state index is -0.753. The number of hydrogen-bond acceptors (Lipinski definition) is 6. The monoisotopic (exact) mass is 526 g/mol. The van der Waals surface area contributed by atoms with Gasteiger partial charge >= 0.3 is 5.97 Å². The van der Waals surface area contributed by atoms with E-state index < -0.39 is 12.0 Å². The van der Waals surface area contributed by atoms with Gasteiger partial charge in [0.1, 0.15) is 11.8 Å². The number of ether oxygens (including phenoxy) is 2. The van der Waals surface area contributed by atoms with Gasteiger partial charge in [-0.15, -0.1) is 0 Å². The highest BCUT2D eigenvalue weighted by Crippen LogP contribution is 2.40. The first-order valence-electron chi connectivity index (χ1n) is 12.7. The van der Waals surface area contributed by atoms with Crippen LogP contribution in [0.25, 0.3) is 16.8 Å². The third-order valence-electron chi connectivity index (χ3n) is 6.84. The summed E-state index contributed by atoms with van der Waals surface area (Å²) in [6, 6.07) is 19.2. The number of esters is 1. The van der Waals surface area contributed by atoms with Crippen molar-refractivity contribution >= 4 is 34.2 Å². The summed E-state index contributed by atoms with van der Waals surface area (Å²) in [6.07, 6.45) is 1.88. The summed E-state index contributed by atoms with van der Waals surface area (Å²) in [6.45, 7) is 8.07. The first-order valence-corrected chi connectivity index (χ1v) is 13.5. The van der Waals surface area contributed by atoms with Crippen LogP contribution in [-0.4, -0.2) is 24.3 Å². The second-order valence-electron chi connectivity index (χ2n) is 9.53. The maximum absolute atomic E-state index is 14.0. The molecule has 3 aromatic carbocycles. The van der Waals surface area contributed by atoms with Gasteiger partial charge in [-0.05, 0) is 53.8 Å². The second kappa shape index (κ2) is 10.4.